The first-order valence-corrected chi connectivity index (χ1v) is 7.89. The SMILES string of the molecule is CCCCCC(C)([CH][CH][CH]C(=O)c1ccccc1)O[C-]=O.[C-]#[O+].[C-]#[O+].[C-]#[O+].[Fe]. The van der Waals surface area contributed by atoms with Crippen LogP contribution in [0, 0.1) is 39.2 Å². The molecule has 151 valence electrons. The van der Waals surface area contributed by atoms with Crippen LogP contribution in [0.25, 0.3) is 0 Å². The molecule has 3 radical (unpaired) electrons. The van der Waals surface area contributed by atoms with Gasteiger partial charge < -0.3 is 9.53 Å². The molecular formula is C21H22FeO6-. The van der Waals surface area contributed by atoms with Gasteiger partial charge in [0.15, 0.2) is 5.78 Å². The van der Waals surface area contributed by atoms with Crippen LogP contribution in [0.4, 0.5) is 0 Å². The molecule has 28 heavy (non-hydrogen) atoms. The van der Waals surface area contributed by atoms with Crippen LogP contribution in [-0.4, -0.2) is 17.9 Å². The molecule has 0 aromatic heterocycles. The largest absolute Gasteiger partial charge is 0 e. The van der Waals surface area contributed by atoms with Crippen molar-refractivity contribution < 1.29 is 45.4 Å². The van der Waals surface area contributed by atoms with Crippen molar-refractivity contribution in [3.05, 3.63) is 75.1 Å². The number of benzene rings is 1. The van der Waals surface area contributed by atoms with Crippen LogP contribution in [0.3, 0.4) is 0 Å². The molecule has 1 rings (SSSR count). The first-order chi connectivity index (χ1) is 13.1. The zero-order valence-electron chi connectivity index (χ0n) is 15.8. The molecule has 0 aliphatic rings. The van der Waals surface area contributed by atoms with E-state index in [1.165, 1.54) is 12.9 Å². The number of hydrogen-bond donors (Lipinski definition) is 0. The molecule has 7 heteroatoms. The second kappa shape index (κ2) is 25.1. The monoisotopic (exact) mass is 426 g/mol. The Labute approximate surface area is 178 Å². The zero-order chi connectivity index (χ0) is 21.6. The van der Waals surface area contributed by atoms with Gasteiger partial charge >= 0.3 is 33.9 Å². The van der Waals surface area contributed by atoms with Gasteiger partial charge in [-0.25, -0.2) is 0 Å². The minimum absolute atomic E-state index is 0. The molecule has 1 atom stereocenters. The van der Waals surface area contributed by atoms with Crippen molar-refractivity contribution >= 4 is 12.3 Å². The summed E-state index contributed by atoms with van der Waals surface area (Å²) in [6, 6.07) is 9.05. The fraction of sp³-hybridized carbons (Fsp3) is 0.333. The molecular weight excluding hydrogens is 404 g/mol. The van der Waals surface area contributed by atoms with Crippen LogP contribution in [-0.2, 0) is 40.6 Å². The third-order valence-corrected chi connectivity index (χ3v) is 3.31. The van der Waals surface area contributed by atoms with Crippen LogP contribution in [0.5, 0.6) is 0 Å². The molecule has 0 spiro atoms. The van der Waals surface area contributed by atoms with Gasteiger partial charge in [0, 0.05) is 35.5 Å². The number of unbranched alkanes of at least 4 members (excludes halogenated alkanes) is 2. The summed E-state index contributed by atoms with van der Waals surface area (Å²) in [5.41, 5.74) is -0.0672. The van der Waals surface area contributed by atoms with E-state index in [1.807, 2.05) is 25.1 Å². The molecule has 0 amide bonds. The molecule has 0 fully saturated rings. The number of rotatable bonds is 11. The first kappa shape index (κ1) is 33.7. The van der Waals surface area contributed by atoms with Crippen LogP contribution in [0.15, 0.2) is 30.3 Å². The van der Waals surface area contributed by atoms with E-state index in [0.717, 1.165) is 25.7 Å². The quantitative estimate of drug-likeness (QED) is 0.177. The summed E-state index contributed by atoms with van der Waals surface area (Å²) in [5, 5.41) is 0. The summed E-state index contributed by atoms with van der Waals surface area (Å²) in [4.78, 5) is 22.4. The van der Waals surface area contributed by atoms with E-state index in [-0.39, 0.29) is 22.9 Å². The van der Waals surface area contributed by atoms with E-state index in [1.54, 1.807) is 25.0 Å². The van der Waals surface area contributed by atoms with Gasteiger partial charge in [-0.1, -0.05) is 56.6 Å². The maximum atomic E-state index is 11.9. The van der Waals surface area contributed by atoms with Gasteiger partial charge in [-0.15, -0.1) is 0 Å². The molecule has 0 bridgehead atoms. The Hall–Kier alpha value is -1.90. The smallest absolute Gasteiger partial charge is 0 e. The normalized spacial score (nSPS) is 10.3. The molecule has 0 aliphatic heterocycles. The summed E-state index contributed by atoms with van der Waals surface area (Å²) in [6.45, 7) is 18.9. The molecule has 0 N–H and O–H groups in total. The maximum Gasteiger partial charge on any atom is 0 e. The number of ketones is 1. The summed E-state index contributed by atoms with van der Waals surface area (Å²) in [7, 11) is 0. The van der Waals surface area contributed by atoms with Crippen LogP contribution >= 0.6 is 0 Å². The Balaban J connectivity index is -0.000000374. The summed E-state index contributed by atoms with van der Waals surface area (Å²) in [5.74, 6) is -0.0714. The second-order valence-corrected chi connectivity index (χ2v) is 5.21. The number of hydrogen-bond acceptors (Lipinski definition) is 3. The van der Waals surface area contributed by atoms with Crippen molar-refractivity contribution in [2.45, 2.75) is 45.1 Å². The Bertz CT molecular complexity index is 539. The third kappa shape index (κ3) is 17.5. The predicted octanol–water partition coefficient (Wildman–Crippen LogP) is 3.79. The van der Waals surface area contributed by atoms with Gasteiger partial charge in [-0.2, -0.15) is 0 Å². The molecule has 0 saturated carbocycles. The van der Waals surface area contributed by atoms with Crippen molar-refractivity contribution in [2.75, 3.05) is 0 Å². The fourth-order valence-corrected chi connectivity index (χ4v) is 2.03. The molecule has 0 aliphatic carbocycles. The predicted molar refractivity (Wildman–Crippen MR) is 94.8 cm³/mol. The minimum Gasteiger partial charge on any atom is 0 e. The molecule has 1 aromatic rings. The number of Topliss-reactive ketones (excluding diaryl/α,β-unsaturated/α-hetero) is 1. The standard InChI is InChI=1S/C18H22O3.3CO.Fe/c1-3-4-8-13-18(2,21-15-19)14-9-12-17(20)16-10-6-5-7-11-16;3*1-2;/h5-7,9-12,14H,3-4,8,13H2,1-2H3;;;;/q-1;;;;. The molecule has 0 saturated heterocycles. The number of ether oxygens (including phenoxy) is 1. The Morgan fingerprint density at radius 3 is 2.11 bits per heavy atom. The molecule has 6 nitrogen and oxygen atoms in total. The van der Waals surface area contributed by atoms with Crippen LogP contribution in [0.1, 0.15) is 49.9 Å². The summed E-state index contributed by atoms with van der Waals surface area (Å²) >= 11 is 0. The van der Waals surface area contributed by atoms with Gasteiger partial charge in [0.2, 0.25) is 0 Å². The van der Waals surface area contributed by atoms with Gasteiger partial charge in [0.25, 0.3) is 0 Å². The minimum atomic E-state index is -0.704. The maximum absolute atomic E-state index is 11.9. The van der Waals surface area contributed by atoms with E-state index in [4.69, 9.17) is 18.7 Å². The Kier molecular flexibility index (Phi) is 30.2. The second-order valence-electron chi connectivity index (χ2n) is 5.21. The van der Waals surface area contributed by atoms with Gasteiger partial charge in [0.1, 0.15) is 0 Å². The van der Waals surface area contributed by atoms with Gasteiger partial charge in [0.05, 0.1) is 5.60 Å². The fourth-order valence-electron chi connectivity index (χ4n) is 2.03. The van der Waals surface area contributed by atoms with E-state index in [2.05, 4.69) is 26.9 Å². The average Bonchev–Trinajstić information content (AvgIpc) is 2.73. The zero-order valence-corrected chi connectivity index (χ0v) is 16.9. The van der Waals surface area contributed by atoms with Crippen molar-refractivity contribution in [1.82, 2.24) is 0 Å². The Morgan fingerprint density at radius 2 is 1.64 bits per heavy atom. The summed E-state index contributed by atoms with van der Waals surface area (Å²) in [6.07, 6.45) is 8.75. The summed E-state index contributed by atoms with van der Waals surface area (Å²) < 4.78 is 27.5. The van der Waals surface area contributed by atoms with Gasteiger partial charge in [-0.05, 0) is 26.2 Å². The molecule has 1 aromatic carbocycles. The van der Waals surface area contributed by atoms with Crippen molar-refractivity contribution in [2.24, 2.45) is 0 Å². The average molecular weight is 426 g/mol. The van der Waals surface area contributed by atoms with Gasteiger partial charge in [-0.3, -0.25) is 4.79 Å². The molecule has 1 unspecified atom stereocenters. The first-order valence-electron chi connectivity index (χ1n) is 7.89. The van der Waals surface area contributed by atoms with E-state index in [9.17, 15) is 9.59 Å². The van der Waals surface area contributed by atoms with Crippen molar-refractivity contribution in [3.63, 3.8) is 0 Å². The van der Waals surface area contributed by atoms with Crippen LogP contribution < -0.4 is 0 Å². The van der Waals surface area contributed by atoms with E-state index >= 15 is 0 Å². The van der Waals surface area contributed by atoms with E-state index < -0.39 is 5.60 Å². The molecule has 0 heterocycles. The van der Waals surface area contributed by atoms with Crippen molar-refractivity contribution in [3.8, 4) is 0 Å². The third-order valence-electron chi connectivity index (χ3n) is 3.31. The Morgan fingerprint density at radius 1 is 1.11 bits per heavy atom. The number of carbonyl (C=O) groups is 1. The number of carbonyl (C=O) groups excluding carboxylic acids is 2. The van der Waals surface area contributed by atoms with Crippen LogP contribution in [0.2, 0.25) is 0 Å². The topological polar surface area (TPSA) is 103 Å². The van der Waals surface area contributed by atoms with Crippen molar-refractivity contribution in [1.29, 1.82) is 0 Å². The van der Waals surface area contributed by atoms with E-state index in [0.29, 0.717) is 5.56 Å².